The second-order valence-electron chi connectivity index (χ2n) is 14.2. The van der Waals surface area contributed by atoms with Gasteiger partial charge in [0.05, 0.1) is 18.5 Å². The first-order valence-electron chi connectivity index (χ1n) is 17.2. The third-order valence-electron chi connectivity index (χ3n) is 8.54. The molecule has 2 aromatic carbocycles. The van der Waals surface area contributed by atoms with E-state index in [4.69, 9.17) is 9.47 Å². The number of esters is 1. The summed E-state index contributed by atoms with van der Waals surface area (Å²) in [6.45, 7) is 8.56. The van der Waals surface area contributed by atoms with Gasteiger partial charge in [0.2, 0.25) is 11.8 Å². The van der Waals surface area contributed by atoms with Gasteiger partial charge in [-0.1, -0.05) is 74.6 Å². The van der Waals surface area contributed by atoms with Crippen LogP contribution in [-0.4, -0.2) is 74.9 Å². The highest BCUT2D eigenvalue weighted by Gasteiger charge is 2.35. The third-order valence-corrected chi connectivity index (χ3v) is 8.54. The lowest BCUT2D eigenvalue weighted by Gasteiger charge is -2.31. The molecule has 1 aliphatic carbocycles. The molecule has 266 valence electrons. The standard InChI is InChI=1S/C37H51N5O7/c1-23(2)48-35(46)32(43)29(18-24-12-7-6-8-13-24)40-34(45)31(20-27-21-38-22-39-27)41-33(44)30(42-36(47)49-37(3,4)5)19-26-16-11-15-25-14-9-10-17-28(25)26/h9-11,14-17,21-24,29-32,43H,6-8,12-13,18-20H2,1-5H3,(H,38,39)(H,40,45)(H,41,44)(H,42,47)/t29-,30?,31-,32?/m0/s1. The number of hydrogen-bond donors (Lipinski definition) is 5. The number of aliphatic hydroxyl groups is 1. The molecule has 1 fully saturated rings. The van der Waals surface area contributed by atoms with Crippen LogP contribution in [0.3, 0.4) is 0 Å². The number of alkyl carbamates (subject to hydrolysis) is 1. The maximum absolute atomic E-state index is 14.1. The van der Waals surface area contributed by atoms with Crippen molar-refractivity contribution >= 4 is 34.6 Å². The summed E-state index contributed by atoms with van der Waals surface area (Å²) >= 11 is 0. The minimum Gasteiger partial charge on any atom is -0.461 e. The molecule has 12 nitrogen and oxygen atoms in total. The Kier molecular flexibility index (Phi) is 13.2. The summed E-state index contributed by atoms with van der Waals surface area (Å²) in [5.41, 5.74) is 0.594. The number of hydrogen-bond acceptors (Lipinski definition) is 8. The summed E-state index contributed by atoms with van der Waals surface area (Å²) in [5, 5.41) is 21.4. The molecule has 0 bridgehead atoms. The van der Waals surface area contributed by atoms with Crippen molar-refractivity contribution in [2.45, 2.75) is 122 Å². The number of carbonyl (C=O) groups is 4. The van der Waals surface area contributed by atoms with Crippen LogP contribution in [0.15, 0.2) is 55.0 Å². The number of nitrogens with zero attached hydrogens (tertiary/aromatic N) is 1. The van der Waals surface area contributed by atoms with Crippen molar-refractivity contribution in [2.24, 2.45) is 5.92 Å². The van der Waals surface area contributed by atoms with E-state index in [9.17, 15) is 24.3 Å². The Morgan fingerprint density at radius 3 is 2.27 bits per heavy atom. The van der Waals surface area contributed by atoms with E-state index in [1.54, 1.807) is 40.8 Å². The average molecular weight is 678 g/mol. The summed E-state index contributed by atoms with van der Waals surface area (Å²) in [6, 6.07) is 10.3. The van der Waals surface area contributed by atoms with Gasteiger partial charge in [-0.15, -0.1) is 0 Å². The van der Waals surface area contributed by atoms with Crippen molar-refractivity contribution in [3.63, 3.8) is 0 Å². The summed E-state index contributed by atoms with van der Waals surface area (Å²) in [5.74, 6) is -1.81. The zero-order valence-electron chi connectivity index (χ0n) is 29.2. The van der Waals surface area contributed by atoms with Crippen LogP contribution in [0.1, 0.15) is 84.4 Å². The molecule has 3 aromatic rings. The predicted molar refractivity (Wildman–Crippen MR) is 185 cm³/mol. The lowest BCUT2D eigenvalue weighted by molar-refractivity contribution is -0.159. The Labute approximate surface area is 288 Å². The number of imidazole rings is 1. The SMILES string of the molecule is CC(C)OC(=O)C(O)[C@H](CC1CCCCC1)NC(=O)[C@H](Cc1cnc[nH]1)NC(=O)C(Cc1cccc2ccccc12)NC(=O)OC(C)(C)C. The van der Waals surface area contributed by atoms with Crippen LogP contribution >= 0.6 is 0 Å². The third kappa shape index (κ3) is 11.6. The summed E-state index contributed by atoms with van der Waals surface area (Å²) in [6.07, 6.45) is 5.81. The Morgan fingerprint density at radius 2 is 1.59 bits per heavy atom. The molecule has 12 heteroatoms. The fourth-order valence-electron chi connectivity index (χ4n) is 6.25. The van der Waals surface area contributed by atoms with E-state index in [0.29, 0.717) is 12.1 Å². The van der Waals surface area contributed by atoms with Gasteiger partial charge in [0, 0.05) is 24.7 Å². The average Bonchev–Trinajstić information content (AvgIpc) is 3.56. The number of amides is 3. The lowest BCUT2D eigenvalue weighted by Crippen LogP contribution is -2.58. The number of aliphatic hydroxyl groups excluding tert-OH is 1. The van der Waals surface area contributed by atoms with E-state index in [1.165, 1.54) is 6.33 Å². The van der Waals surface area contributed by atoms with Gasteiger partial charge in [0.25, 0.3) is 0 Å². The van der Waals surface area contributed by atoms with Gasteiger partial charge >= 0.3 is 12.1 Å². The molecule has 1 saturated carbocycles. The second kappa shape index (κ2) is 17.3. The van der Waals surface area contributed by atoms with Gasteiger partial charge in [0.15, 0.2) is 6.10 Å². The minimum absolute atomic E-state index is 0.0354. The van der Waals surface area contributed by atoms with Crippen LogP contribution in [0.5, 0.6) is 0 Å². The zero-order valence-corrected chi connectivity index (χ0v) is 29.2. The second-order valence-corrected chi connectivity index (χ2v) is 14.2. The summed E-state index contributed by atoms with van der Waals surface area (Å²) in [4.78, 5) is 60.9. The Bertz CT molecular complexity index is 1540. The minimum atomic E-state index is -1.59. The molecule has 1 aliphatic rings. The van der Waals surface area contributed by atoms with Crippen LogP contribution < -0.4 is 16.0 Å². The van der Waals surface area contributed by atoms with Crippen LogP contribution in [0, 0.1) is 5.92 Å². The van der Waals surface area contributed by atoms with E-state index in [-0.39, 0.29) is 18.8 Å². The number of rotatable bonds is 14. The first-order chi connectivity index (χ1) is 23.3. The molecule has 3 amide bonds. The van der Waals surface area contributed by atoms with Gasteiger partial charge in [0.1, 0.15) is 17.7 Å². The molecule has 5 N–H and O–H groups in total. The van der Waals surface area contributed by atoms with Gasteiger partial charge in [-0.2, -0.15) is 0 Å². The number of nitrogens with one attached hydrogen (secondary N) is 4. The summed E-state index contributed by atoms with van der Waals surface area (Å²) < 4.78 is 10.8. The molecule has 2 unspecified atom stereocenters. The maximum atomic E-state index is 14.1. The topological polar surface area (TPSA) is 172 Å². The van der Waals surface area contributed by atoms with Crippen molar-refractivity contribution in [3.8, 4) is 0 Å². The predicted octanol–water partition coefficient (Wildman–Crippen LogP) is 4.49. The quantitative estimate of drug-likeness (QED) is 0.155. The molecule has 4 atom stereocenters. The summed E-state index contributed by atoms with van der Waals surface area (Å²) in [7, 11) is 0. The molecule has 0 spiro atoms. The van der Waals surface area contributed by atoms with Gasteiger partial charge in [-0.05, 0) is 63.3 Å². The molecule has 4 rings (SSSR count). The molecule has 1 heterocycles. The monoisotopic (exact) mass is 677 g/mol. The van der Waals surface area contributed by atoms with Gasteiger partial charge < -0.3 is 35.5 Å². The van der Waals surface area contributed by atoms with Crippen LogP contribution in [0.4, 0.5) is 4.79 Å². The smallest absolute Gasteiger partial charge is 0.408 e. The highest BCUT2D eigenvalue weighted by atomic mass is 16.6. The largest absolute Gasteiger partial charge is 0.461 e. The first-order valence-corrected chi connectivity index (χ1v) is 17.2. The fraction of sp³-hybridized carbons (Fsp3) is 0.541. The number of aromatic nitrogens is 2. The van der Waals surface area contributed by atoms with Crippen molar-refractivity contribution < 1.29 is 33.8 Å². The van der Waals surface area contributed by atoms with E-state index in [0.717, 1.165) is 48.4 Å². The van der Waals surface area contributed by atoms with Crippen molar-refractivity contribution in [1.82, 2.24) is 25.9 Å². The number of benzene rings is 2. The Hall–Kier alpha value is -4.45. The van der Waals surface area contributed by atoms with Gasteiger partial charge in [-0.25, -0.2) is 14.6 Å². The molecule has 0 radical (unpaired) electrons. The maximum Gasteiger partial charge on any atom is 0.408 e. The Balaban J connectivity index is 1.60. The first kappa shape index (κ1) is 37.4. The lowest BCUT2D eigenvalue weighted by atomic mass is 9.83. The van der Waals surface area contributed by atoms with Crippen LogP contribution in [-0.2, 0) is 36.7 Å². The molecular formula is C37H51N5O7. The molecule has 49 heavy (non-hydrogen) atoms. The van der Waals surface area contributed by atoms with Crippen LogP contribution in [0.2, 0.25) is 0 Å². The molecule has 1 aromatic heterocycles. The van der Waals surface area contributed by atoms with E-state index >= 15 is 0 Å². The van der Waals surface area contributed by atoms with Crippen molar-refractivity contribution in [1.29, 1.82) is 0 Å². The normalized spacial score (nSPS) is 16.3. The van der Waals surface area contributed by atoms with E-state index in [1.807, 2.05) is 42.5 Å². The fourth-order valence-corrected chi connectivity index (χ4v) is 6.25. The van der Waals surface area contributed by atoms with E-state index in [2.05, 4.69) is 25.9 Å². The number of carbonyl (C=O) groups excluding carboxylic acids is 4. The highest BCUT2D eigenvalue weighted by Crippen LogP contribution is 2.28. The number of aromatic amines is 1. The molecule has 0 aliphatic heterocycles. The van der Waals surface area contributed by atoms with E-state index < -0.39 is 59.8 Å². The molecule has 0 saturated heterocycles. The Morgan fingerprint density at radius 1 is 0.918 bits per heavy atom. The van der Waals surface area contributed by atoms with Gasteiger partial charge in [-0.3, -0.25) is 9.59 Å². The number of ether oxygens (including phenoxy) is 2. The highest BCUT2D eigenvalue weighted by molar-refractivity contribution is 5.93. The number of fused-ring (bicyclic) bond motifs is 1. The van der Waals surface area contributed by atoms with Crippen molar-refractivity contribution in [3.05, 3.63) is 66.2 Å². The van der Waals surface area contributed by atoms with Crippen LogP contribution in [0.25, 0.3) is 10.8 Å². The zero-order chi connectivity index (χ0) is 35.6. The van der Waals surface area contributed by atoms with Crippen molar-refractivity contribution in [2.75, 3.05) is 0 Å². The number of H-pyrrole nitrogens is 1. The molecular weight excluding hydrogens is 626 g/mol.